The monoisotopic (exact) mass is 447 g/mol. The first-order valence-electron chi connectivity index (χ1n) is 10.6. The minimum Gasteiger partial charge on any atom is -0.493 e. The molecule has 2 aliphatic rings. The molecule has 0 saturated carbocycles. The molecule has 1 fully saturated rings. The van der Waals surface area contributed by atoms with Gasteiger partial charge in [0, 0.05) is 36.6 Å². The number of benzene rings is 2. The average molecular weight is 448 g/mol. The Kier molecular flexibility index (Phi) is 6.35. The summed E-state index contributed by atoms with van der Waals surface area (Å²) in [7, 11) is 3.18. The fraction of sp³-hybridized carbons (Fsp3) is 0.500. The van der Waals surface area contributed by atoms with E-state index >= 15 is 0 Å². The molecule has 7 heteroatoms. The second-order valence-corrected chi connectivity index (χ2v) is 8.98. The molecule has 0 unspecified atom stereocenters. The van der Waals surface area contributed by atoms with Gasteiger partial charge >= 0.3 is 0 Å². The van der Waals surface area contributed by atoms with Crippen LogP contribution in [0.3, 0.4) is 0 Å². The van der Waals surface area contributed by atoms with Crippen LogP contribution in [-0.4, -0.2) is 54.6 Å². The summed E-state index contributed by atoms with van der Waals surface area (Å²) in [5, 5.41) is 22.1. The van der Waals surface area contributed by atoms with Gasteiger partial charge in [-0.2, -0.15) is 0 Å². The highest BCUT2D eigenvalue weighted by molar-refractivity contribution is 6.31. The van der Waals surface area contributed by atoms with E-state index in [2.05, 4.69) is 4.90 Å². The largest absolute Gasteiger partial charge is 0.493 e. The molecular weight excluding hydrogens is 418 g/mol. The number of hydrogen-bond donors (Lipinski definition) is 2. The lowest BCUT2D eigenvalue weighted by atomic mass is 9.81. The number of β-amino-alcohol motifs (C(OH)–C–C–N with tert-alkyl or cyclic N) is 1. The SMILES string of the molecule is COc1ccc([C@@H](O)CN2CCC3(CC2)C[C@H](O)c2cc(Cl)c(C)cc2O3)cc1OC. The average Bonchev–Trinajstić information content (AvgIpc) is 2.76. The van der Waals surface area contributed by atoms with E-state index in [1.54, 1.807) is 14.2 Å². The maximum absolute atomic E-state index is 10.8. The van der Waals surface area contributed by atoms with Crippen LogP contribution < -0.4 is 14.2 Å². The topological polar surface area (TPSA) is 71.4 Å². The third kappa shape index (κ3) is 4.48. The molecule has 31 heavy (non-hydrogen) atoms. The Balaban J connectivity index is 1.40. The lowest BCUT2D eigenvalue weighted by Gasteiger charge is -2.46. The van der Waals surface area contributed by atoms with Crippen LogP contribution in [0.15, 0.2) is 30.3 Å². The molecular formula is C24H30ClNO5. The molecule has 1 saturated heterocycles. The van der Waals surface area contributed by atoms with E-state index in [0.717, 1.165) is 48.4 Å². The van der Waals surface area contributed by atoms with Crippen molar-refractivity contribution in [2.24, 2.45) is 0 Å². The summed E-state index contributed by atoms with van der Waals surface area (Å²) in [5.74, 6) is 1.98. The summed E-state index contributed by atoms with van der Waals surface area (Å²) in [6.45, 7) is 4.05. The summed E-state index contributed by atoms with van der Waals surface area (Å²) in [6, 6.07) is 9.24. The van der Waals surface area contributed by atoms with E-state index in [1.807, 2.05) is 37.3 Å². The highest BCUT2D eigenvalue weighted by atomic mass is 35.5. The van der Waals surface area contributed by atoms with Crippen LogP contribution in [0.25, 0.3) is 0 Å². The van der Waals surface area contributed by atoms with Crippen molar-refractivity contribution in [3.8, 4) is 17.2 Å². The predicted octanol–water partition coefficient (Wildman–Crippen LogP) is 4.05. The Hall–Kier alpha value is -1.99. The van der Waals surface area contributed by atoms with Crippen LogP contribution in [0.1, 0.15) is 48.2 Å². The number of halogens is 1. The van der Waals surface area contributed by atoms with Crippen molar-refractivity contribution in [1.29, 1.82) is 0 Å². The zero-order valence-corrected chi connectivity index (χ0v) is 19.0. The Labute approximate surface area is 188 Å². The lowest BCUT2D eigenvalue weighted by molar-refractivity contribution is -0.0588. The van der Waals surface area contributed by atoms with Crippen molar-refractivity contribution in [2.45, 2.75) is 44.0 Å². The predicted molar refractivity (Wildman–Crippen MR) is 119 cm³/mol. The molecule has 2 aliphatic heterocycles. The molecule has 4 rings (SSSR count). The van der Waals surface area contributed by atoms with Gasteiger partial charge in [0.25, 0.3) is 0 Å². The van der Waals surface area contributed by atoms with Crippen molar-refractivity contribution in [1.82, 2.24) is 4.90 Å². The van der Waals surface area contributed by atoms with Gasteiger partial charge in [0.05, 0.1) is 26.4 Å². The summed E-state index contributed by atoms with van der Waals surface area (Å²) in [6.07, 6.45) is 0.946. The van der Waals surface area contributed by atoms with Gasteiger partial charge in [0.1, 0.15) is 11.4 Å². The number of aryl methyl sites for hydroxylation is 1. The number of aliphatic hydroxyl groups excluding tert-OH is 2. The Morgan fingerprint density at radius 2 is 1.87 bits per heavy atom. The minimum absolute atomic E-state index is 0.378. The second kappa shape index (κ2) is 8.87. The van der Waals surface area contributed by atoms with Gasteiger partial charge in [-0.05, 0) is 55.2 Å². The number of likely N-dealkylation sites (tertiary alicyclic amines) is 1. The van der Waals surface area contributed by atoms with Gasteiger partial charge in [-0.25, -0.2) is 0 Å². The molecule has 2 aromatic carbocycles. The maximum atomic E-state index is 10.8. The van der Waals surface area contributed by atoms with Crippen LogP contribution in [0, 0.1) is 6.92 Å². The van der Waals surface area contributed by atoms with E-state index in [-0.39, 0.29) is 5.60 Å². The zero-order valence-electron chi connectivity index (χ0n) is 18.2. The van der Waals surface area contributed by atoms with Crippen LogP contribution in [0.5, 0.6) is 17.2 Å². The molecule has 6 nitrogen and oxygen atoms in total. The van der Waals surface area contributed by atoms with E-state index in [4.69, 9.17) is 25.8 Å². The van der Waals surface area contributed by atoms with Crippen molar-refractivity contribution >= 4 is 11.6 Å². The molecule has 2 heterocycles. The second-order valence-electron chi connectivity index (χ2n) is 8.58. The van der Waals surface area contributed by atoms with Crippen LogP contribution in [0.4, 0.5) is 0 Å². The normalized spacial score (nSPS) is 21.3. The third-order valence-electron chi connectivity index (χ3n) is 6.53. The van der Waals surface area contributed by atoms with Crippen LogP contribution in [0.2, 0.25) is 5.02 Å². The summed E-state index contributed by atoms with van der Waals surface area (Å²) >= 11 is 6.23. The quantitative estimate of drug-likeness (QED) is 0.720. The molecule has 0 radical (unpaired) electrons. The molecule has 0 bridgehead atoms. The van der Waals surface area contributed by atoms with Gasteiger partial charge < -0.3 is 29.3 Å². The van der Waals surface area contributed by atoms with Crippen LogP contribution in [-0.2, 0) is 0 Å². The first-order chi connectivity index (χ1) is 14.8. The molecule has 1 spiro atoms. The van der Waals surface area contributed by atoms with Crippen molar-refractivity contribution in [3.05, 3.63) is 52.0 Å². The zero-order chi connectivity index (χ0) is 22.2. The standard InChI is InChI=1S/C24H30ClNO5/c1-15-10-22-17(12-18(15)25)19(27)13-24(31-22)6-8-26(9-7-24)14-20(28)16-4-5-21(29-2)23(11-16)30-3/h4-5,10-12,19-20,27-28H,6-9,13-14H2,1-3H3/t19-,20-/m0/s1. The maximum Gasteiger partial charge on any atom is 0.161 e. The van der Waals surface area contributed by atoms with Crippen LogP contribution >= 0.6 is 11.6 Å². The molecule has 2 atom stereocenters. The lowest BCUT2D eigenvalue weighted by Crippen LogP contribution is -2.51. The van der Waals surface area contributed by atoms with Gasteiger partial charge in [-0.15, -0.1) is 0 Å². The Morgan fingerprint density at radius 1 is 1.16 bits per heavy atom. The highest BCUT2D eigenvalue weighted by Crippen LogP contribution is 2.46. The van der Waals surface area contributed by atoms with Crippen molar-refractivity contribution in [2.75, 3.05) is 33.9 Å². The fourth-order valence-electron chi connectivity index (χ4n) is 4.62. The number of piperidine rings is 1. The molecule has 0 amide bonds. The van der Waals surface area contributed by atoms with E-state index in [9.17, 15) is 10.2 Å². The number of fused-ring (bicyclic) bond motifs is 1. The number of ether oxygens (including phenoxy) is 3. The van der Waals surface area contributed by atoms with Gasteiger partial charge in [-0.1, -0.05) is 17.7 Å². The van der Waals surface area contributed by atoms with Gasteiger partial charge in [0.2, 0.25) is 0 Å². The fourth-order valence-corrected chi connectivity index (χ4v) is 4.79. The first-order valence-corrected chi connectivity index (χ1v) is 11.0. The number of rotatable bonds is 5. The summed E-state index contributed by atoms with van der Waals surface area (Å²) in [4.78, 5) is 2.24. The summed E-state index contributed by atoms with van der Waals surface area (Å²) < 4.78 is 17.0. The molecule has 2 aromatic rings. The number of methoxy groups -OCH3 is 2. The van der Waals surface area contributed by atoms with Crippen molar-refractivity contribution < 1.29 is 24.4 Å². The number of hydrogen-bond acceptors (Lipinski definition) is 6. The van der Waals surface area contributed by atoms with Crippen molar-refractivity contribution in [3.63, 3.8) is 0 Å². The first kappa shape index (κ1) is 22.2. The minimum atomic E-state index is -0.628. The third-order valence-corrected chi connectivity index (χ3v) is 6.94. The van der Waals surface area contributed by atoms with Gasteiger partial charge in [-0.3, -0.25) is 0 Å². The molecule has 0 aromatic heterocycles. The van der Waals surface area contributed by atoms with E-state index < -0.39 is 12.2 Å². The van der Waals surface area contributed by atoms with E-state index in [0.29, 0.717) is 29.5 Å². The number of aliphatic hydroxyl groups is 2. The Morgan fingerprint density at radius 3 is 2.55 bits per heavy atom. The molecule has 168 valence electrons. The summed E-state index contributed by atoms with van der Waals surface area (Å²) in [5.41, 5.74) is 2.13. The number of nitrogens with zero attached hydrogens (tertiary/aromatic N) is 1. The van der Waals surface area contributed by atoms with E-state index in [1.165, 1.54) is 0 Å². The Bertz CT molecular complexity index is 942. The molecule has 0 aliphatic carbocycles. The smallest absolute Gasteiger partial charge is 0.161 e. The molecule has 2 N–H and O–H groups in total. The van der Waals surface area contributed by atoms with Gasteiger partial charge in [0.15, 0.2) is 11.5 Å². The highest BCUT2D eigenvalue weighted by Gasteiger charge is 2.43.